The zero-order valence-corrected chi connectivity index (χ0v) is 18.2. The molecule has 4 rings (SSSR count). The van der Waals surface area contributed by atoms with Crippen molar-refractivity contribution in [1.82, 2.24) is 15.3 Å². The molecule has 2 aromatic rings. The number of aromatic nitrogens is 2. The molecular formula is C23H31N5O3. The van der Waals surface area contributed by atoms with Gasteiger partial charge in [-0.05, 0) is 37.8 Å². The highest BCUT2D eigenvalue weighted by Gasteiger charge is 2.18. The molecule has 31 heavy (non-hydrogen) atoms. The van der Waals surface area contributed by atoms with E-state index < -0.39 is 0 Å². The smallest absolute Gasteiger partial charge is 0.255 e. The van der Waals surface area contributed by atoms with Crippen molar-refractivity contribution in [3.05, 3.63) is 51.4 Å². The Hall–Kier alpha value is -2.87. The number of para-hydroxylation sites is 1. The number of morpholine rings is 1. The van der Waals surface area contributed by atoms with Crippen LogP contribution < -0.4 is 20.7 Å². The van der Waals surface area contributed by atoms with Crippen LogP contribution in [0.25, 0.3) is 0 Å². The number of carbonyl (C=O) groups excluding carboxylic acids is 1. The second-order valence-corrected chi connectivity index (χ2v) is 8.15. The third-order valence-corrected chi connectivity index (χ3v) is 6.04. The molecular weight excluding hydrogens is 394 g/mol. The van der Waals surface area contributed by atoms with Crippen LogP contribution in [0.1, 0.15) is 36.1 Å². The van der Waals surface area contributed by atoms with Crippen molar-refractivity contribution in [2.75, 3.05) is 49.2 Å². The highest BCUT2D eigenvalue weighted by Crippen LogP contribution is 2.24. The molecule has 2 fully saturated rings. The number of aryl methyl sites for hydroxylation is 1. The van der Waals surface area contributed by atoms with E-state index in [0.717, 1.165) is 18.7 Å². The Labute approximate surface area is 182 Å². The van der Waals surface area contributed by atoms with E-state index in [2.05, 4.69) is 32.3 Å². The molecule has 2 aliphatic rings. The van der Waals surface area contributed by atoms with Crippen LogP contribution in [-0.4, -0.2) is 55.3 Å². The van der Waals surface area contributed by atoms with Crippen LogP contribution in [0.2, 0.25) is 0 Å². The van der Waals surface area contributed by atoms with E-state index in [0.29, 0.717) is 56.5 Å². The quantitative estimate of drug-likeness (QED) is 0.703. The van der Waals surface area contributed by atoms with Gasteiger partial charge in [0.05, 0.1) is 13.2 Å². The van der Waals surface area contributed by atoms with Gasteiger partial charge in [0, 0.05) is 56.1 Å². The number of nitrogens with one attached hydrogen (secondary N) is 2. The van der Waals surface area contributed by atoms with E-state index in [1.807, 2.05) is 24.0 Å². The monoisotopic (exact) mass is 425 g/mol. The number of anilines is 2. The Kier molecular flexibility index (Phi) is 6.86. The van der Waals surface area contributed by atoms with Crippen LogP contribution in [0.5, 0.6) is 0 Å². The number of hydrogen-bond donors (Lipinski definition) is 2. The highest BCUT2D eigenvalue weighted by atomic mass is 16.5. The third kappa shape index (κ3) is 5.25. The van der Waals surface area contributed by atoms with E-state index in [1.165, 1.54) is 18.5 Å². The maximum absolute atomic E-state index is 12.6. The maximum atomic E-state index is 12.6. The Morgan fingerprint density at radius 1 is 1.13 bits per heavy atom. The van der Waals surface area contributed by atoms with Gasteiger partial charge in [-0.3, -0.25) is 14.6 Å². The van der Waals surface area contributed by atoms with Gasteiger partial charge in [0.15, 0.2) is 0 Å². The van der Waals surface area contributed by atoms with Gasteiger partial charge in [0.25, 0.3) is 5.56 Å². The molecule has 0 atom stereocenters. The zero-order valence-electron chi connectivity index (χ0n) is 18.2. The molecule has 166 valence electrons. The van der Waals surface area contributed by atoms with Crippen LogP contribution in [0, 0.1) is 6.92 Å². The highest BCUT2D eigenvalue weighted by molar-refractivity contribution is 5.76. The van der Waals surface area contributed by atoms with Gasteiger partial charge < -0.3 is 19.9 Å². The molecule has 0 unspecified atom stereocenters. The van der Waals surface area contributed by atoms with Crippen LogP contribution in [-0.2, 0) is 22.5 Å². The molecule has 0 saturated carbocycles. The summed E-state index contributed by atoms with van der Waals surface area (Å²) >= 11 is 0. The average molecular weight is 426 g/mol. The van der Waals surface area contributed by atoms with Crippen molar-refractivity contribution in [2.45, 2.75) is 39.2 Å². The fraction of sp³-hybridized carbons (Fsp3) is 0.522. The predicted octanol–water partition coefficient (Wildman–Crippen LogP) is 1.76. The minimum atomic E-state index is -0.166. The average Bonchev–Trinajstić information content (AvgIpc) is 3.32. The first-order valence-corrected chi connectivity index (χ1v) is 11.1. The SMILES string of the molecule is Cc1nc(N2CCOCC2)[nH]c(=O)c1CCC(=O)NCc1ccccc1N1CCCC1. The molecule has 0 bridgehead atoms. The number of rotatable bonds is 7. The fourth-order valence-corrected chi connectivity index (χ4v) is 4.26. The lowest BCUT2D eigenvalue weighted by Crippen LogP contribution is -2.38. The summed E-state index contributed by atoms with van der Waals surface area (Å²) in [7, 11) is 0. The Balaban J connectivity index is 1.34. The summed E-state index contributed by atoms with van der Waals surface area (Å²) in [5, 5.41) is 3.01. The van der Waals surface area contributed by atoms with Gasteiger partial charge in [-0.15, -0.1) is 0 Å². The molecule has 2 saturated heterocycles. The number of aromatic amines is 1. The summed E-state index contributed by atoms with van der Waals surface area (Å²) in [6, 6.07) is 8.24. The molecule has 1 aromatic heterocycles. The number of carbonyl (C=O) groups is 1. The van der Waals surface area contributed by atoms with Crippen molar-refractivity contribution in [3.8, 4) is 0 Å². The van der Waals surface area contributed by atoms with E-state index in [1.54, 1.807) is 0 Å². The Morgan fingerprint density at radius 2 is 1.87 bits per heavy atom. The summed E-state index contributed by atoms with van der Waals surface area (Å²) in [4.78, 5) is 36.9. The minimum Gasteiger partial charge on any atom is -0.378 e. The van der Waals surface area contributed by atoms with Crippen LogP contribution in [0.4, 0.5) is 11.6 Å². The van der Waals surface area contributed by atoms with Gasteiger partial charge in [-0.1, -0.05) is 18.2 Å². The summed E-state index contributed by atoms with van der Waals surface area (Å²) in [6.45, 7) is 7.15. The van der Waals surface area contributed by atoms with Crippen LogP contribution in [0.3, 0.4) is 0 Å². The fourth-order valence-electron chi connectivity index (χ4n) is 4.26. The van der Waals surface area contributed by atoms with E-state index in [4.69, 9.17) is 4.74 Å². The molecule has 8 heteroatoms. The Morgan fingerprint density at radius 3 is 2.61 bits per heavy atom. The summed E-state index contributed by atoms with van der Waals surface area (Å²) in [6.07, 6.45) is 3.06. The molecule has 2 N–H and O–H groups in total. The lowest BCUT2D eigenvalue weighted by atomic mass is 10.1. The second-order valence-electron chi connectivity index (χ2n) is 8.15. The number of amides is 1. The van der Waals surface area contributed by atoms with Crippen molar-refractivity contribution in [1.29, 1.82) is 0 Å². The van der Waals surface area contributed by atoms with Crippen LogP contribution >= 0.6 is 0 Å². The normalized spacial score (nSPS) is 16.5. The van der Waals surface area contributed by atoms with Gasteiger partial charge in [-0.25, -0.2) is 4.98 Å². The number of nitrogens with zero attached hydrogens (tertiary/aromatic N) is 3. The van der Waals surface area contributed by atoms with Gasteiger partial charge in [0.1, 0.15) is 0 Å². The van der Waals surface area contributed by atoms with E-state index >= 15 is 0 Å². The maximum Gasteiger partial charge on any atom is 0.255 e. The molecule has 1 aromatic carbocycles. The summed E-state index contributed by atoms with van der Waals surface area (Å²) < 4.78 is 5.35. The molecule has 0 spiro atoms. The molecule has 0 radical (unpaired) electrons. The third-order valence-electron chi connectivity index (χ3n) is 6.04. The first-order valence-electron chi connectivity index (χ1n) is 11.1. The van der Waals surface area contributed by atoms with Crippen molar-refractivity contribution in [3.63, 3.8) is 0 Å². The molecule has 0 aliphatic carbocycles. The zero-order chi connectivity index (χ0) is 21.6. The topological polar surface area (TPSA) is 90.6 Å². The van der Waals surface area contributed by atoms with Gasteiger partial charge in [-0.2, -0.15) is 0 Å². The van der Waals surface area contributed by atoms with Crippen molar-refractivity contribution >= 4 is 17.5 Å². The van der Waals surface area contributed by atoms with E-state index in [-0.39, 0.29) is 17.9 Å². The lowest BCUT2D eigenvalue weighted by Gasteiger charge is -2.27. The molecule has 8 nitrogen and oxygen atoms in total. The number of benzene rings is 1. The van der Waals surface area contributed by atoms with Crippen molar-refractivity contribution in [2.24, 2.45) is 0 Å². The Bertz CT molecular complexity index is 962. The number of hydrogen-bond acceptors (Lipinski definition) is 6. The number of ether oxygens (including phenoxy) is 1. The molecule has 3 heterocycles. The van der Waals surface area contributed by atoms with E-state index in [9.17, 15) is 9.59 Å². The largest absolute Gasteiger partial charge is 0.378 e. The molecule has 1 amide bonds. The van der Waals surface area contributed by atoms with Crippen molar-refractivity contribution < 1.29 is 9.53 Å². The summed E-state index contributed by atoms with van der Waals surface area (Å²) in [5.74, 6) is 0.518. The standard InChI is InChI=1S/C23H31N5O3/c1-17-19(22(30)26-23(25-17)28-12-14-31-15-13-28)8-9-21(29)24-16-18-6-2-3-7-20(18)27-10-4-5-11-27/h2-3,6-7H,4-5,8-16H2,1H3,(H,24,29)(H,25,26,30). The minimum absolute atomic E-state index is 0.0627. The predicted molar refractivity (Wildman–Crippen MR) is 121 cm³/mol. The van der Waals surface area contributed by atoms with Gasteiger partial charge in [0.2, 0.25) is 11.9 Å². The first kappa shape index (κ1) is 21.4. The second kappa shape index (κ2) is 9.96. The molecule has 2 aliphatic heterocycles. The first-order chi connectivity index (χ1) is 15.1. The lowest BCUT2D eigenvalue weighted by molar-refractivity contribution is -0.121. The number of H-pyrrole nitrogens is 1. The van der Waals surface area contributed by atoms with Gasteiger partial charge >= 0.3 is 0 Å². The summed E-state index contributed by atoms with van der Waals surface area (Å²) in [5.41, 5.74) is 3.42. The van der Waals surface area contributed by atoms with Crippen LogP contribution in [0.15, 0.2) is 29.1 Å².